The van der Waals surface area contributed by atoms with Crippen molar-refractivity contribution >= 4 is 17.3 Å². The first-order valence-electron chi connectivity index (χ1n) is 6.01. The lowest BCUT2D eigenvalue weighted by Gasteiger charge is -2.39. The number of benzene rings is 1. The molecule has 0 spiro atoms. The van der Waals surface area contributed by atoms with Crippen LogP contribution in [0.25, 0.3) is 0 Å². The molecule has 0 unspecified atom stereocenters. The number of nitrogen functional groups attached to an aromatic ring is 1. The molecule has 0 aromatic heterocycles. The first-order valence-corrected chi connectivity index (χ1v) is 6.01. The van der Waals surface area contributed by atoms with E-state index in [4.69, 9.17) is 15.6 Å². The number of nitrogens with two attached hydrogens (primary N) is 1. The van der Waals surface area contributed by atoms with Crippen molar-refractivity contribution in [1.29, 1.82) is 0 Å². The van der Waals surface area contributed by atoms with Gasteiger partial charge in [0.1, 0.15) is 5.82 Å². The van der Waals surface area contributed by atoms with E-state index in [0.717, 1.165) is 6.07 Å². The van der Waals surface area contributed by atoms with Gasteiger partial charge >= 0.3 is 5.97 Å². The van der Waals surface area contributed by atoms with Gasteiger partial charge in [-0.1, -0.05) is 0 Å². The lowest BCUT2D eigenvalue weighted by atomic mass is 10.1. The molecule has 3 N–H and O–H groups in total. The lowest BCUT2D eigenvalue weighted by molar-refractivity contribution is -0.0276. The molecule has 0 aliphatic carbocycles. The van der Waals surface area contributed by atoms with Crippen LogP contribution >= 0.6 is 0 Å². The van der Waals surface area contributed by atoms with Crippen LogP contribution in [-0.2, 0) is 4.74 Å². The van der Waals surface area contributed by atoms with Crippen molar-refractivity contribution in [3.05, 3.63) is 23.5 Å². The molecule has 1 aliphatic rings. The summed E-state index contributed by atoms with van der Waals surface area (Å²) < 4.78 is 19.3. The molecule has 5 nitrogen and oxygen atoms in total. The van der Waals surface area contributed by atoms with Gasteiger partial charge in [-0.3, -0.25) is 0 Å². The lowest BCUT2D eigenvalue weighted by Crippen LogP contribution is -2.48. The van der Waals surface area contributed by atoms with Crippen molar-refractivity contribution in [2.24, 2.45) is 0 Å². The van der Waals surface area contributed by atoms with E-state index in [0.29, 0.717) is 25.4 Å². The van der Waals surface area contributed by atoms with E-state index < -0.39 is 17.3 Å². The zero-order valence-corrected chi connectivity index (χ0v) is 10.9. The number of ether oxygens (including phenoxy) is 1. The second-order valence-corrected chi connectivity index (χ2v) is 5.23. The number of hydrogen-bond acceptors (Lipinski definition) is 4. The van der Waals surface area contributed by atoms with Gasteiger partial charge in [0.25, 0.3) is 0 Å². The van der Waals surface area contributed by atoms with Gasteiger partial charge in [0, 0.05) is 19.2 Å². The quantitative estimate of drug-likeness (QED) is 0.799. The fraction of sp³-hybridized carbons (Fsp3) is 0.462. The fourth-order valence-electron chi connectivity index (χ4n) is 2.24. The number of carbonyl (C=O) groups is 1. The average molecular weight is 268 g/mol. The summed E-state index contributed by atoms with van der Waals surface area (Å²) in [6, 6.07) is 2.34. The number of aromatic carboxylic acids is 1. The number of anilines is 2. The topological polar surface area (TPSA) is 75.8 Å². The third-order valence-electron chi connectivity index (χ3n) is 3.11. The number of hydrogen-bond donors (Lipinski definition) is 2. The second-order valence-electron chi connectivity index (χ2n) is 5.23. The molecule has 1 fully saturated rings. The zero-order chi connectivity index (χ0) is 14.2. The summed E-state index contributed by atoms with van der Waals surface area (Å²) in [5, 5.41) is 8.85. The Kier molecular flexibility index (Phi) is 3.36. The number of carboxylic acid groups (broad SMARTS) is 1. The molecule has 1 aromatic carbocycles. The van der Waals surface area contributed by atoms with Crippen LogP contribution in [0.1, 0.15) is 24.2 Å². The smallest absolute Gasteiger partial charge is 0.338 e. The SMILES string of the molecule is CC1(C)CN(c2cc(F)c(C(=O)O)cc2N)CCO1. The van der Waals surface area contributed by atoms with Crippen LogP contribution in [0.15, 0.2) is 12.1 Å². The van der Waals surface area contributed by atoms with Gasteiger partial charge < -0.3 is 20.5 Å². The molecule has 104 valence electrons. The van der Waals surface area contributed by atoms with Gasteiger partial charge in [-0.05, 0) is 19.9 Å². The fourth-order valence-corrected chi connectivity index (χ4v) is 2.24. The van der Waals surface area contributed by atoms with E-state index in [1.165, 1.54) is 6.07 Å². The van der Waals surface area contributed by atoms with Gasteiger partial charge in [-0.15, -0.1) is 0 Å². The summed E-state index contributed by atoms with van der Waals surface area (Å²) in [7, 11) is 0. The molecule has 2 rings (SSSR count). The first kappa shape index (κ1) is 13.6. The highest BCUT2D eigenvalue weighted by molar-refractivity contribution is 5.91. The second kappa shape index (κ2) is 4.70. The Bertz CT molecular complexity index is 517. The molecule has 1 aromatic rings. The Morgan fingerprint density at radius 1 is 1.53 bits per heavy atom. The van der Waals surface area contributed by atoms with E-state index >= 15 is 0 Å². The summed E-state index contributed by atoms with van der Waals surface area (Å²) in [6.07, 6.45) is 0. The van der Waals surface area contributed by atoms with Gasteiger partial charge in [-0.2, -0.15) is 0 Å². The average Bonchev–Trinajstić information content (AvgIpc) is 2.30. The van der Waals surface area contributed by atoms with Crippen molar-refractivity contribution in [3.63, 3.8) is 0 Å². The highest BCUT2D eigenvalue weighted by atomic mass is 19.1. The molecule has 0 saturated carbocycles. The summed E-state index contributed by atoms with van der Waals surface area (Å²) >= 11 is 0. The van der Waals surface area contributed by atoms with Crippen molar-refractivity contribution in [2.45, 2.75) is 19.4 Å². The molecular weight excluding hydrogens is 251 g/mol. The number of halogens is 1. The standard InChI is InChI=1S/C13H17FN2O3/c1-13(2)7-16(3-4-19-13)11-6-9(14)8(12(17)18)5-10(11)15/h5-6H,3-4,7,15H2,1-2H3,(H,17,18). The Morgan fingerprint density at radius 2 is 2.21 bits per heavy atom. The molecule has 0 amide bonds. The van der Waals surface area contributed by atoms with E-state index in [-0.39, 0.29) is 11.3 Å². The van der Waals surface area contributed by atoms with E-state index in [1.807, 2.05) is 18.7 Å². The summed E-state index contributed by atoms with van der Waals surface area (Å²) in [5.41, 5.74) is 5.86. The zero-order valence-electron chi connectivity index (χ0n) is 10.9. The van der Waals surface area contributed by atoms with Crippen LogP contribution in [0.3, 0.4) is 0 Å². The summed E-state index contributed by atoms with van der Waals surface area (Å²) in [6.45, 7) is 5.58. The van der Waals surface area contributed by atoms with Crippen LogP contribution in [0.5, 0.6) is 0 Å². The van der Waals surface area contributed by atoms with Gasteiger partial charge in [-0.25, -0.2) is 9.18 Å². The predicted octanol–water partition coefficient (Wildman–Crippen LogP) is 1.72. The summed E-state index contributed by atoms with van der Waals surface area (Å²) in [4.78, 5) is 12.7. The number of rotatable bonds is 2. The molecule has 19 heavy (non-hydrogen) atoms. The molecule has 1 aliphatic heterocycles. The van der Waals surface area contributed by atoms with Crippen LogP contribution in [0.4, 0.5) is 15.8 Å². The highest BCUT2D eigenvalue weighted by Gasteiger charge is 2.29. The van der Waals surface area contributed by atoms with Crippen LogP contribution in [0.2, 0.25) is 0 Å². The van der Waals surface area contributed by atoms with Crippen molar-refractivity contribution in [2.75, 3.05) is 30.3 Å². The molecular formula is C13H17FN2O3. The molecule has 1 saturated heterocycles. The van der Waals surface area contributed by atoms with Gasteiger partial charge in [0.05, 0.1) is 29.1 Å². The van der Waals surface area contributed by atoms with Crippen LogP contribution < -0.4 is 10.6 Å². The molecule has 1 heterocycles. The third-order valence-corrected chi connectivity index (χ3v) is 3.11. The maximum atomic E-state index is 13.7. The minimum absolute atomic E-state index is 0.261. The maximum Gasteiger partial charge on any atom is 0.338 e. The highest BCUT2D eigenvalue weighted by Crippen LogP contribution is 2.30. The number of carboxylic acids is 1. The largest absolute Gasteiger partial charge is 0.478 e. The number of nitrogens with zero attached hydrogens (tertiary/aromatic N) is 1. The van der Waals surface area contributed by atoms with Crippen LogP contribution in [0, 0.1) is 5.82 Å². The van der Waals surface area contributed by atoms with Crippen LogP contribution in [-0.4, -0.2) is 36.4 Å². The molecule has 6 heteroatoms. The van der Waals surface area contributed by atoms with E-state index in [1.54, 1.807) is 0 Å². The minimum atomic E-state index is -1.32. The number of morpholine rings is 1. The van der Waals surface area contributed by atoms with Crippen molar-refractivity contribution in [1.82, 2.24) is 0 Å². The van der Waals surface area contributed by atoms with E-state index in [9.17, 15) is 9.18 Å². The van der Waals surface area contributed by atoms with Crippen molar-refractivity contribution < 1.29 is 19.0 Å². The molecule has 0 bridgehead atoms. The van der Waals surface area contributed by atoms with Gasteiger partial charge in [0.15, 0.2) is 0 Å². The van der Waals surface area contributed by atoms with Gasteiger partial charge in [0.2, 0.25) is 0 Å². The summed E-state index contributed by atoms with van der Waals surface area (Å²) in [5.74, 6) is -2.10. The Balaban J connectivity index is 2.35. The molecule has 0 atom stereocenters. The Morgan fingerprint density at radius 3 is 2.79 bits per heavy atom. The monoisotopic (exact) mass is 268 g/mol. The maximum absolute atomic E-state index is 13.7. The Labute approximate surface area is 110 Å². The third kappa shape index (κ3) is 2.78. The minimum Gasteiger partial charge on any atom is -0.478 e. The van der Waals surface area contributed by atoms with Crippen molar-refractivity contribution in [3.8, 4) is 0 Å². The predicted molar refractivity (Wildman–Crippen MR) is 70.0 cm³/mol. The first-order chi connectivity index (χ1) is 8.80. The molecule has 0 radical (unpaired) electrons. The normalized spacial score (nSPS) is 18.4. The Hall–Kier alpha value is -1.82. The van der Waals surface area contributed by atoms with E-state index in [2.05, 4.69) is 0 Å².